The Morgan fingerprint density at radius 3 is 3.14 bits per heavy atom. The molecule has 4 nitrogen and oxygen atoms in total. The van der Waals surface area contributed by atoms with E-state index < -0.39 is 0 Å². The van der Waals surface area contributed by atoms with Crippen LogP contribution in [0.3, 0.4) is 0 Å². The highest BCUT2D eigenvalue weighted by Crippen LogP contribution is 2.22. The van der Waals surface area contributed by atoms with Gasteiger partial charge in [0.25, 0.3) is 0 Å². The van der Waals surface area contributed by atoms with Gasteiger partial charge >= 0.3 is 0 Å². The number of nitrogens with one attached hydrogen (secondary N) is 1. The molecule has 78 valence electrons. The van der Waals surface area contributed by atoms with Gasteiger partial charge < -0.3 is 10.1 Å². The lowest BCUT2D eigenvalue weighted by atomic mass is 10.4. The van der Waals surface area contributed by atoms with Crippen LogP contribution in [-0.2, 0) is 9.53 Å². The Labute approximate surface area is 94.8 Å². The number of amides is 1. The number of aromatic nitrogens is 1. The van der Waals surface area contributed by atoms with Crippen molar-refractivity contribution in [2.75, 3.05) is 18.5 Å². The van der Waals surface area contributed by atoms with Gasteiger partial charge in [0.15, 0.2) is 5.13 Å². The Bertz CT molecular complexity index is 303. The van der Waals surface area contributed by atoms with Crippen molar-refractivity contribution in [3.63, 3.8) is 0 Å². The predicted molar refractivity (Wildman–Crippen MR) is 59.6 cm³/mol. The number of rotatable bonds is 5. The van der Waals surface area contributed by atoms with Crippen LogP contribution in [0.4, 0.5) is 5.13 Å². The molecule has 0 saturated heterocycles. The van der Waals surface area contributed by atoms with Crippen molar-refractivity contribution >= 4 is 38.3 Å². The minimum absolute atomic E-state index is 0.0692. The van der Waals surface area contributed by atoms with Crippen LogP contribution in [-0.4, -0.2) is 24.1 Å². The molecule has 0 aliphatic heterocycles. The molecule has 0 atom stereocenters. The SMILES string of the molecule is CCOCCC(=O)Nc1ncc(Br)s1. The van der Waals surface area contributed by atoms with E-state index in [0.717, 1.165) is 3.79 Å². The smallest absolute Gasteiger partial charge is 0.228 e. The number of halogens is 1. The lowest BCUT2D eigenvalue weighted by Gasteiger charge is -2.01. The van der Waals surface area contributed by atoms with Crippen molar-refractivity contribution < 1.29 is 9.53 Å². The summed E-state index contributed by atoms with van der Waals surface area (Å²) in [6.07, 6.45) is 2.02. The molecule has 0 radical (unpaired) electrons. The molecule has 0 aromatic carbocycles. The maximum absolute atomic E-state index is 11.3. The minimum atomic E-state index is -0.0692. The maximum Gasteiger partial charge on any atom is 0.228 e. The second-order valence-electron chi connectivity index (χ2n) is 2.46. The zero-order valence-electron chi connectivity index (χ0n) is 7.75. The summed E-state index contributed by atoms with van der Waals surface area (Å²) < 4.78 is 5.96. The molecule has 0 aliphatic carbocycles. The fraction of sp³-hybridized carbons (Fsp3) is 0.500. The molecule has 1 heterocycles. The molecular formula is C8H11BrN2O2S. The van der Waals surface area contributed by atoms with Crippen molar-refractivity contribution in [3.8, 4) is 0 Å². The van der Waals surface area contributed by atoms with Gasteiger partial charge in [0.1, 0.15) is 0 Å². The molecular weight excluding hydrogens is 268 g/mol. The third kappa shape index (κ3) is 4.17. The number of nitrogens with zero attached hydrogens (tertiary/aromatic N) is 1. The first-order valence-electron chi connectivity index (χ1n) is 4.21. The summed E-state index contributed by atoms with van der Waals surface area (Å²) in [6, 6.07) is 0. The van der Waals surface area contributed by atoms with Crippen LogP contribution in [0, 0.1) is 0 Å². The monoisotopic (exact) mass is 278 g/mol. The van der Waals surface area contributed by atoms with Gasteiger partial charge in [-0.1, -0.05) is 11.3 Å². The third-order valence-electron chi connectivity index (χ3n) is 1.40. The molecule has 0 fully saturated rings. The maximum atomic E-state index is 11.3. The molecule has 6 heteroatoms. The summed E-state index contributed by atoms with van der Waals surface area (Å²) in [5.41, 5.74) is 0. The van der Waals surface area contributed by atoms with Gasteiger partial charge in [0, 0.05) is 6.61 Å². The van der Waals surface area contributed by atoms with Crippen molar-refractivity contribution in [3.05, 3.63) is 9.98 Å². The van der Waals surface area contributed by atoms with Crippen LogP contribution in [0.1, 0.15) is 13.3 Å². The molecule has 1 aromatic rings. The normalized spacial score (nSPS) is 10.1. The minimum Gasteiger partial charge on any atom is -0.381 e. The number of hydrogen-bond acceptors (Lipinski definition) is 4. The van der Waals surface area contributed by atoms with Crippen molar-refractivity contribution in [1.29, 1.82) is 0 Å². The van der Waals surface area contributed by atoms with E-state index in [1.165, 1.54) is 11.3 Å². The van der Waals surface area contributed by atoms with Gasteiger partial charge in [0.2, 0.25) is 5.91 Å². The quantitative estimate of drug-likeness (QED) is 0.841. The molecule has 0 aliphatic rings. The van der Waals surface area contributed by atoms with E-state index in [1.807, 2.05) is 6.92 Å². The van der Waals surface area contributed by atoms with E-state index in [9.17, 15) is 4.79 Å². The molecule has 1 aromatic heterocycles. The van der Waals surface area contributed by atoms with Crippen molar-refractivity contribution in [2.45, 2.75) is 13.3 Å². The third-order valence-corrected chi connectivity index (χ3v) is 2.79. The van der Waals surface area contributed by atoms with E-state index in [4.69, 9.17) is 4.74 Å². The first kappa shape index (κ1) is 11.6. The van der Waals surface area contributed by atoms with Gasteiger partial charge in [-0.15, -0.1) is 0 Å². The molecule has 14 heavy (non-hydrogen) atoms. The van der Waals surface area contributed by atoms with Crippen LogP contribution in [0.2, 0.25) is 0 Å². The first-order valence-corrected chi connectivity index (χ1v) is 5.82. The Morgan fingerprint density at radius 2 is 2.57 bits per heavy atom. The van der Waals surface area contributed by atoms with Crippen LogP contribution < -0.4 is 5.32 Å². The number of carbonyl (C=O) groups is 1. The number of thiazole rings is 1. The summed E-state index contributed by atoms with van der Waals surface area (Å²) in [6.45, 7) is 2.99. The van der Waals surface area contributed by atoms with Gasteiger partial charge in [-0.25, -0.2) is 4.98 Å². The van der Waals surface area contributed by atoms with Gasteiger partial charge in [0.05, 0.1) is 23.0 Å². The standard InChI is InChI=1S/C8H11BrN2O2S/c1-2-13-4-3-7(12)11-8-10-5-6(9)14-8/h5H,2-4H2,1H3,(H,10,11,12). The van der Waals surface area contributed by atoms with Crippen LogP contribution >= 0.6 is 27.3 Å². The predicted octanol–water partition coefficient (Wildman–Crippen LogP) is 2.27. The van der Waals surface area contributed by atoms with E-state index in [1.54, 1.807) is 6.20 Å². The largest absolute Gasteiger partial charge is 0.381 e. The number of hydrogen-bond donors (Lipinski definition) is 1. The summed E-state index contributed by atoms with van der Waals surface area (Å²) in [4.78, 5) is 15.2. The average Bonchev–Trinajstić information content (AvgIpc) is 2.52. The highest BCUT2D eigenvalue weighted by atomic mass is 79.9. The molecule has 0 bridgehead atoms. The lowest BCUT2D eigenvalue weighted by Crippen LogP contribution is -2.13. The van der Waals surface area contributed by atoms with Gasteiger partial charge in [-0.2, -0.15) is 0 Å². The Balaban J connectivity index is 2.27. The first-order chi connectivity index (χ1) is 6.72. The second-order valence-corrected chi connectivity index (χ2v) is 4.87. The number of ether oxygens (including phenoxy) is 1. The van der Waals surface area contributed by atoms with Crippen LogP contribution in [0.15, 0.2) is 9.98 Å². The van der Waals surface area contributed by atoms with Crippen LogP contribution in [0.5, 0.6) is 0 Å². The van der Waals surface area contributed by atoms with E-state index >= 15 is 0 Å². The Kier molecular flexibility index (Phi) is 5.06. The average molecular weight is 279 g/mol. The summed E-state index contributed by atoms with van der Waals surface area (Å²) in [5.74, 6) is -0.0692. The highest BCUT2D eigenvalue weighted by molar-refractivity contribution is 9.11. The molecule has 0 spiro atoms. The Hall–Kier alpha value is -0.460. The zero-order chi connectivity index (χ0) is 10.4. The topological polar surface area (TPSA) is 51.2 Å². The Morgan fingerprint density at radius 1 is 1.79 bits per heavy atom. The highest BCUT2D eigenvalue weighted by Gasteiger charge is 2.04. The number of carbonyl (C=O) groups excluding carboxylic acids is 1. The van der Waals surface area contributed by atoms with Crippen molar-refractivity contribution in [2.24, 2.45) is 0 Å². The summed E-state index contributed by atoms with van der Waals surface area (Å²) >= 11 is 4.65. The molecule has 1 rings (SSSR count). The molecule has 1 amide bonds. The van der Waals surface area contributed by atoms with E-state index in [2.05, 4.69) is 26.2 Å². The molecule has 1 N–H and O–H groups in total. The van der Waals surface area contributed by atoms with Crippen molar-refractivity contribution in [1.82, 2.24) is 4.98 Å². The molecule has 0 unspecified atom stereocenters. The van der Waals surface area contributed by atoms with Gasteiger partial charge in [-0.05, 0) is 22.9 Å². The fourth-order valence-corrected chi connectivity index (χ4v) is 1.93. The summed E-state index contributed by atoms with van der Waals surface area (Å²) in [5, 5.41) is 3.29. The van der Waals surface area contributed by atoms with Crippen LogP contribution in [0.25, 0.3) is 0 Å². The fourth-order valence-electron chi connectivity index (χ4n) is 0.803. The summed E-state index contributed by atoms with van der Waals surface area (Å²) in [7, 11) is 0. The van der Waals surface area contributed by atoms with E-state index in [-0.39, 0.29) is 5.91 Å². The van der Waals surface area contributed by atoms with E-state index in [0.29, 0.717) is 24.8 Å². The van der Waals surface area contributed by atoms with Gasteiger partial charge in [-0.3, -0.25) is 4.79 Å². The molecule has 0 saturated carbocycles. The number of anilines is 1. The lowest BCUT2D eigenvalue weighted by molar-refractivity contribution is -0.117. The zero-order valence-corrected chi connectivity index (χ0v) is 10.2. The second kappa shape index (κ2) is 6.10.